The minimum atomic E-state index is -3.78. The zero-order valence-electron chi connectivity index (χ0n) is 19.6. The zero-order valence-corrected chi connectivity index (χ0v) is 21.2. The number of carbonyl (C=O) groups is 1. The second-order valence-corrected chi connectivity index (χ2v) is 11.0. The van der Waals surface area contributed by atoms with Gasteiger partial charge in [0.05, 0.1) is 10.6 Å². The molecular weight excluding hydrogens is 478 g/mol. The van der Waals surface area contributed by atoms with Crippen LogP contribution in [-0.4, -0.2) is 25.9 Å². The number of hydrogen-bond donors (Lipinski definition) is 2. The molecule has 0 saturated heterocycles. The fourth-order valence-corrected chi connectivity index (χ4v) is 5.97. The molecule has 4 rings (SSSR count). The lowest BCUT2D eigenvalue weighted by Gasteiger charge is -2.18. The maximum atomic E-state index is 12.9. The summed E-state index contributed by atoms with van der Waals surface area (Å²) in [7, 11) is -3.78. The predicted octanol–water partition coefficient (Wildman–Crippen LogP) is 5.51. The van der Waals surface area contributed by atoms with Crippen molar-refractivity contribution in [2.24, 2.45) is 0 Å². The molecule has 0 unspecified atom stereocenters. The van der Waals surface area contributed by atoms with Crippen molar-refractivity contribution in [3.63, 3.8) is 0 Å². The standard InChI is InChI=1S/C27H27N3O3S2/c1-19-13-15-23(16-14-19)35(32,33)30-27-29-20(2)25(34-27)26(31)28-18-17-24(21-9-5-3-6-10-21)22-11-7-4-8-12-22/h3-16,24H,17-18H2,1-2H3,(H,28,31)(H,29,30). The molecule has 0 saturated carbocycles. The largest absolute Gasteiger partial charge is 0.351 e. The Bertz CT molecular complexity index is 1350. The van der Waals surface area contributed by atoms with Crippen molar-refractivity contribution in [3.8, 4) is 0 Å². The predicted molar refractivity (Wildman–Crippen MR) is 141 cm³/mol. The van der Waals surface area contributed by atoms with Gasteiger partial charge in [-0.2, -0.15) is 0 Å². The van der Waals surface area contributed by atoms with Gasteiger partial charge in [0, 0.05) is 12.5 Å². The third kappa shape index (κ3) is 6.15. The van der Waals surface area contributed by atoms with E-state index in [9.17, 15) is 13.2 Å². The van der Waals surface area contributed by atoms with Crippen molar-refractivity contribution in [2.45, 2.75) is 31.1 Å². The lowest BCUT2D eigenvalue weighted by Crippen LogP contribution is -2.25. The van der Waals surface area contributed by atoms with E-state index in [0.717, 1.165) is 23.3 Å². The van der Waals surface area contributed by atoms with Gasteiger partial charge in [0.1, 0.15) is 4.88 Å². The summed E-state index contributed by atoms with van der Waals surface area (Å²) in [5.41, 5.74) is 3.83. The Kier molecular flexibility index (Phi) is 7.63. The highest BCUT2D eigenvalue weighted by atomic mass is 32.2. The van der Waals surface area contributed by atoms with Crippen LogP contribution in [0.25, 0.3) is 0 Å². The van der Waals surface area contributed by atoms with Crippen LogP contribution in [0.5, 0.6) is 0 Å². The monoisotopic (exact) mass is 505 g/mol. The highest BCUT2D eigenvalue weighted by Crippen LogP contribution is 2.28. The molecule has 1 aromatic heterocycles. The quantitative estimate of drug-likeness (QED) is 0.314. The van der Waals surface area contributed by atoms with E-state index in [0.29, 0.717) is 17.1 Å². The highest BCUT2D eigenvalue weighted by Gasteiger charge is 2.21. The fraction of sp³-hybridized carbons (Fsp3) is 0.185. The molecule has 2 N–H and O–H groups in total. The average Bonchev–Trinajstić information content (AvgIpc) is 3.22. The number of rotatable bonds is 9. The van der Waals surface area contributed by atoms with E-state index in [2.05, 4.69) is 39.3 Å². The molecule has 0 radical (unpaired) electrons. The highest BCUT2D eigenvalue weighted by molar-refractivity contribution is 7.93. The molecule has 3 aromatic carbocycles. The van der Waals surface area contributed by atoms with Crippen LogP contribution in [0.1, 0.15) is 44.4 Å². The molecule has 35 heavy (non-hydrogen) atoms. The molecule has 0 fully saturated rings. The summed E-state index contributed by atoms with van der Waals surface area (Å²) in [5, 5.41) is 3.14. The van der Waals surface area contributed by atoms with Crippen LogP contribution in [-0.2, 0) is 10.0 Å². The van der Waals surface area contributed by atoms with Crippen LogP contribution < -0.4 is 10.0 Å². The molecule has 1 amide bonds. The van der Waals surface area contributed by atoms with E-state index in [1.807, 2.05) is 43.3 Å². The molecule has 180 valence electrons. The Balaban J connectivity index is 1.42. The second-order valence-electron chi connectivity index (χ2n) is 8.27. The van der Waals surface area contributed by atoms with E-state index in [1.165, 1.54) is 11.1 Å². The van der Waals surface area contributed by atoms with Crippen LogP contribution in [0, 0.1) is 13.8 Å². The van der Waals surface area contributed by atoms with Gasteiger partial charge in [-0.25, -0.2) is 13.4 Å². The van der Waals surface area contributed by atoms with E-state index in [1.54, 1.807) is 31.2 Å². The molecule has 0 bridgehead atoms. The maximum absolute atomic E-state index is 12.9. The second kappa shape index (κ2) is 10.8. The first-order chi connectivity index (χ1) is 16.8. The van der Waals surface area contributed by atoms with Gasteiger partial charge in [-0.1, -0.05) is 89.7 Å². The first-order valence-corrected chi connectivity index (χ1v) is 13.6. The minimum Gasteiger partial charge on any atom is -0.351 e. The minimum absolute atomic E-state index is 0.148. The van der Waals surface area contributed by atoms with E-state index >= 15 is 0 Å². The number of aromatic nitrogens is 1. The zero-order chi connectivity index (χ0) is 24.8. The molecule has 0 spiro atoms. The average molecular weight is 506 g/mol. The summed E-state index contributed by atoms with van der Waals surface area (Å²) < 4.78 is 27.8. The smallest absolute Gasteiger partial charge is 0.263 e. The van der Waals surface area contributed by atoms with Crippen molar-refractivity contribution < 1.29 is 13.2 Å². The molecule has 0 aliphatic rings. The van der Waals surface area contributed by atoms with Crippen molar-refractivity contribution >= 4 is 32.4 Å². The number of thiazole rings is 1. The van der Waals surface area contributed by atoms with Gasteiger partial charge in [0.25, 0.3) is 15.9 Å². The summed E-state index contributed by atoms with van der Waals surface area (Å²) in [6, 6.07) is 27.0. The van der Waals surface area contributed by atoms with Gasteiger partial charge in [-0.05, 0) is 43.5 Å². The van der Waals surface area contributed by atoms with Crippen LogP contribution in [0.2, 0.25) is 0 Å². The number of nitrogens with one attached hydrogen (secondary N) is 2. The SMILES string of the molecule is Cc1ccc(S(=O)(=O)Nc2nc(C)c(C(=O)NCCC(c3ccccc3)c3ccccc3)s2)cc1. The molecule has 0 atom stereocenters. The van der Waals surface area contributed by atoms with E-state index in [-0.39, 0.29) is 21.9 Å². The number of amides is 1. The van der Waals surface area contributed by atoms with Gasteiger partial charge in [0.15, 0.2) is 5.13 Å². The van der Waals surface area contributed by atoms with Crippen molar-refractivity contribution in [3.05, 3.63) is 112 Å². The van der Waals surface area contributed by atoms with Crippen molar-refractivity contribution in [1.82, 2.24) is 10.3 Å². The van der Waals surface area contributed by atoms with Gasteiger partial charge < -0.3 is 5.32 Å². The molecule has 0 aliphatic carbocycles. The number of sulfonamides is 1. The first-order valence-electron chi connectivity index (χ1n) is 11.3. The Morgan fingerprint density at radius 2 is 1.46 bits per heavy atom. The molecule has 0 aliphatic heterocycles. The van der Waals surface area contributed by atoms with Gasteiger partial charge in [-0.15, -0.1) is 0 Å². The number of anilines is 1. The topological polar surface area (TPSA) is 88.2 Å². The maximum Gasteiger partial charge on any atom is 0.263 e. The summed E-state index contributed by atoms with van der Waals surface area (Å²) in [6.07, 6.45) is 0.727. The normalized spacial score (nSPS) is 11.4. The van der Waals surface area contributed by atoms with Crippen molar-refractivity contribution in [2.75, 3.05) is 11.3 Å². The van der Waals surface area contributed by atoms with Crippen LogP contribution in [0.15, 0.2) is 89.8 Å². The van der Waals surface area contributed by atoms with Crippen LogP contribution in [0.4, 0.5) is 5.13 Å². The summed E-state index contributed by atoms with van der Waals surface area (Å²) in [5.74, 6) is -0.113. The lowest BCUT2D eigenvalue weighted by atomic mass is 9.88. The molecule has 1 heterocycles. The fourth-order valence-electron chi connectivity index (χ4n) is 3.85. The summed E-state index contributed by atoms with van der Waals surface area (Å²) in [4.78, 5) is 17.7. The van der Waals surface area contributed by atoms with Crippen molar-refractivity contribution in [1.29, 1.82) is 0 Å². The molecule has 8 heteroatoms. The Morgan fingerprint density at radius 1 is 0.886 bits per heavy atom. The van der Waals surface area contributed by atoms with Gasteiger partial charge >= 0.3 is 0 Å². The Hall–Kier alpha value is -3.49. The number of hydrogen-bond acceptors (Lipinski definition) is 5. The Labute approximate surface area is 210 Å². The van der Waals surface area contributed by atoms with E-state index < -0.39 is 10.0 Å². The summed E-state index contributed by atoms with van der Waals surface area (Å²) >= 11 is 1.03. The molecule has 4 aromatic rings. The number of nitrogens with zero attached hydrogens (tertiary/aromatic N) is 1. The van der Waals surface area contributed by atoms with Crippen LogP contribution in [0.3, 0.4) is 0 Å². The molecule has 6 nitrogen and oxygen atoms in total. The first kappa shape index (κ1) is 24.6. The van der Waals surface area contributed by atoms with Crippen LogP contribution >= 0.6 is 11.3 Å². The molecular formula is C27H27N3O3S2. The lowest BCUT2D eigenvalue weighted by molar-refractivity contribution is 0.0956. The number of aryl methyl sites for hydroxylation is 2. The van der Waals surface area contributed by atoms with Gasteiger partial charge in [0.2, 0.25) is 0 Å². The van der Waals surface area contributed by atoms with Gasteiger partial charge in [-0.3, -0.25) is 9.52 Å². The number of carbonyl (C=O) groups excluding carboxylic acids is 1. The number of benzene rings is 3. The summed E-state index contributed by atoms with van der Waals surface area (Å²) in [6.45, 7) is 4.06. The third-order valence-corrected chi connectivity index (χ3v) is 8.23. The Morgan fingerprint density at radius 3 is 2.03 bits per heavy atom. The van der Waals surface area contributed by atoms with E-state index in [4.69, 9.17) is 0 Å². The third-order valence-electron chi connectivity index (χ3n) is 5.68.